The molecule has 0 unspecified atom stereocenters. The van der Waals surface area contributed by atoms with E-state index in [2.05, 4.69) is 5.10 Å². The van der Waals surface area contributed by atoms with Crippen molar-refractivity contribution in [3.63, 3.8) is 0 Å². The molecule has 0 amide bonds. The summed E-state index contributed by atoms with van der Waals surface area (Å²) in [5, 5.41) is 22.4. The number of phenols is 1. The van der Waals surface area contributed by atoms with Crippen LogP contribution in [0.1, 0.15) is 10.4 Å². The molecule has 2 N–H and O–H groups in total. The van der Waals surface area contributed by atoms with Gasteiger partial charge in [-0.2, -0.15) is 5.10 Å². The number of carboxylic acids is 1. The number of carboxylic acid groups (broad SMARTS) is 1. The monoisotopic (exact) mass is 218 g/mol. The highest BCUT2D eigenvalue weighted by molar-refractivity contribution is 5.89. The Hall–Kier alpha value is -2.30. The Labute approximate surface area is 91.6 Å². The van der Waals surface area contributed by atoms with Gasteiger partial charge in [-0.25, -0.2) is 4.79 Å². The maximum atomic E-state index is 10.7. The highest BCUT2D eigenvalue weighted by Crippen LogP contribution is 2.29. The van der Waals surface area contributed by atoms with Crippen LogP contribution in [0.3, 0.4) is 0 Å². The number of aryl methyl sites for hydroxylation is 1. The zero-order chi connectivity index (χ0) is 11.7. The Kier molecular flexibility index (Phi) is 2.36. The molecule has 2 rings (SSSR count). The molecular weight excluding hydrogens is 208 g/mol. The van der Waals surface area contributed by atoms with Crippen molar-refractivity contribution in [3.05, 3.63) is 36.2 Å². The van der Waals surface area contributed by atoms with E-state index in [4.69, 9.17) is 5.11 Å². The first-order valence-electron chi connectivity index (χ1n) is 4.63. The van der Waals surface area contributed by atoms with Crippen LogP contribution in [0, 0.1) is 0 Å². The van der Waals surface area contributed by atoms with Gasteiger partial charge in [0.1, 0.15) is 5.75 Å². The SMILES string of the molecule is Cn1cc(-c2ccc(C(=O)O)cc2O)cn1. The second-order valence-electron chi connectivity index (χ2n) is 3.44. The highest BCUT2D eigenvalue weighted by Gasteiger charge is 2.10. The van der Waals surface area contributed by atoms with Crippen molar-refractivity contribution in [3.8, 4) is 16.9 Å². The van der Waals surface area contributed by atoms with E-state index in [-0.39, 0.29) is 11.3 Å². The summed E-state index contributed by atoms with van der Waals surface area (Å²) in [5.74, 6) is -1.12. The van der Waals surface area contributed by atoms with Crippen LogP contribution in [0.15, 0.2) is 30.6 Å². The lowest BCUT2D eigenvalue weighted by atomic mass is 10.1. The van der Waals surface area contributed by atoms with E-state index < -0.39 is 5.97 Å². The fourth-order valence-electron chi connectivity index (χ4n) is 1.47. The van der Waals surface area contributed by atoms with Gasteiger partial charge in [0.05, 0.1) is 11.8 Å². The zero-order valence-corrected chi connectivity index (χ0v) is 8.58. The quantitative estimate of drug-likeness (QED) is 0.800. The number of carbonyl (C=O) groups is 1. The van der Waals surface area contributed by atoms with Crippen molar-refractivity contribution >= 4 is 5.97 Å². The fraction of sp³-hybridized carbons (Fsp3) is 0.0909. The van der Waals surface area contributed by atoms with Crippen LogP contribution in [0.4, 0.5) is 0 Å². The average molecular weight is 218 g/mol. The first kappa shape index (κ1) is 10.2. The first-order valence-corrected chi connectivity index (χ1v) is 4.63. The summed E-state index contributed by atoms with van der Waals surface area (Å²) in [6.45, 7) is 0. The minimum atomic E-state index is -1.06. The molecule has 82 valence electrons. The van der Waals surface area contributed by atoms with E-state index in [1.165, 1.54) is 12.1 Å². The molecule has 5 nitrogen and oxygen atoms in total. The van der Waals surface area contributed by atoms with E-state index in [0.29, 0.717) is 5.56 Å². The van der Waals surface area contributed by atoms with Gasteiger partial charge in [-0.3, -0.25) is 4.68 Å². The number of benzene rings is 1. The summed E-state index contributed by atoms with van der Waals surface area (Å²) < 4.78 is 1.61. The summed E-state index contributed by atoms with van der Waals surface area (Å²) in [5.41, 5.74) is 1.38. The number of aromatic nitrogens is 2. The van der Waals surface area contributed by atoms with Crippen LogP contribution in [0.25, 0.3) is 11.1 Å². The van der Waals surface area contributed by atoms with Gasteiger partial charge in [-0.15, -0.1) is 0 Å². The van der Waals surface area contributed by atoms with E-state index in [1.807, 2.05) is 0 Å². The molecule has 1 heterocycles. The number of phenolic OH excluding ortho intramolecular Hbond substituents is 1. The van der Waals surface area contributed by atoms with Crippen molar-refractivity contribution in [2.75, 3.05) is 0 Å². The Morgan fingerprint density at radius 2 is 2.19 bits per heavy atom. The molecule has 16 heavy (non-hydrogen) atoms. The molecule has 0 radical (unpaired) electrons. The van der Waals surface area contributed by atoms with Gasteiger partial charge in [0.25, 0.3) is 0 Å². The predicted octanol–water partition coefficient (Wildman–Crippen LogP) is 1.49. The van der Waals surface area contributed by atoms with Crippen LogP contribution >= 0.6 is 0 Å². The molecule has 0 fully saturated rings. The zero-order valence-electron chi connectivity index (χ0n) is 8.58. The van der Waals surface area contributed by atoms with E-state index in [0.717, 1.165) is 5.56 Å². The fourth-order valence-corrected chi connectivity index (χ4v) is 1.47. The summed E-state index contributed by atoms with van der Waals surface area (Å²) in [4.78, 5) is 10.7. The third kappa shape index (κ3) is 1.75. The molecule has 0 saturated heterocycles. The van der Waals surface area contributed by atoms with Crippen LogP contribution in [0.2, 0.25) is 0 Å². The number of aromatic carboxylic acids is 1. The van der Waals surface area contributed by atoms with Crippen LogP contribution < -0.4 is 0 Å². The van der Waals surface area contributed by atoms with Crippen molar-refractivity contribution in [2.45, 2.75) is 0 Å². The van der Waals surface area contributed by atoms with E-state index >= 15 is 0 Å². The molecule has 5 heteroatoms. The molecular formula is C11H10N2O3. The standard InChI is InChI=1S/C11H10N2O3/c1-13-6-8(5-12-13)9-3-2-7(11(15)16)4-10(9)14/h2-6,14H,1H3,(H,15,16). The Morgan fingerprint density at radius 3 is 2.69 bits per heavy atom. The molecule has 0 atom stereocenters. The molecule has 0 aliphatic heterocycles. The number of aromatic hydroxyl groups is 1. The van der Waals surface area contributed by atoms with Gasteiger partial charge >= 0.3 is 5.97 Å². The summed E-state index contributed by atoms with van der Waals surface area (Å²) in [6.07, 6.45) is 3.35. The average Bonchev–Trinajstić information content (AvgIpc) is 2.64. The largest absolute Gasteiger partial charge is 0.507 e. The van der Waals surface area contributed by atoms with Crippen molar-refractivity contribution in [1.82, 2.24) is 9.78 Å². The first-order chi connectivity index (χ1) is 7.58. The molecule has 0 aliphatic carbocycles. The Bertz CT molecular complexity index is 546. The number of nitrogens with zero attached hydrogens (tertiary/aromatic N) is 2. The smallest absolute Gasteiger partial charge is 0.335 e. The summed E-state index contributed by atoms with van der Waals surface area (Å²) in [7, 11) is 1.77. The minimum Gasteiger partial charge on any atom is -0.507 e. The Morgan fingerprint density at radius 1 is 1.44 bits per heavy atom. The molecule has 0 spiro atoms. The molecule has 0 saturated carbocycles. The van der Waals surface area contributed by atoms with Gasteiger partial charge in [0.15, 0.2) is 0 Å². The molecule has 1 aromatic heterocycles. The van der Waals surface area contributed by atoms with Gasteiger partial charge in [-0.1, -0.05) is 0 Å². The maximum absolute atomic E-state index is 10.7. The lowest BCUT2D eigenvalue weighted by molar-refractivity contribution is 0.0696. The third-order valence-corrected chi connectivity index (χ3v) is 2.26. The number of hydrogen-bond donors (Lipinski definition) is 2. The third-order valence-electron chi connectivity index (χ3n) is 2.26. The summed E-state index contributed by atoms with van der Waals surface area (Å²) in [6, 6.07) is 4.24. The van der Waals surface area contributed by atoms with Crippen molar-refractivity contribution < 1.29 is 15.0 Å². The predicted molar refractivity (Wildman–Crippen MR) is 57.3 cm³/mol. The normalized spacial score (nSPS) is 10.3. The van der Waals surface area contributed by atoms with Crippen LogP contribution in [0.5, 0.6) is 5.75 Å². The van der Waals surface area contributed by atoms with Crippen molar-refractivity contribution in [2.24, 2.45) is 7.05 Å². The molecule has 0 aliphatic rings. The molecule has 2 aromatic rings. The van der Waals surface area contributed by atoms with Gasteiger partial charge in [-0.05, 0) is 18.2 Å². The van der Waals surface area contributed by atoms with Gasteiger partial charge in [0.2, 0.25) is 0 Å². The maximum Gasteiger partial charge on any atom is 0.335 e. The van der Waals surface area contributed by atoms with E-state index in [9.17, 15) is 9.90 Å². The van der Waals surface area contributed by atoms with Gasteiger partial charge in [0, 0.05) is 24.4 Å². The highest BCUT2D eigenvalue weighted by atomic mass is 16.4. The van der Waals surface area contributed by atoms with Gasteiger partial charge < -0.3 is 10.2 Å². The number of rotatable bonds is 2. The topological polar surface area (TPSA) is 75.4 Å². The van der Waals surface area contributed by atoms with Crippen molar-refractivity contribution in [1.29, 1.82) is 0 Å². The second kappa shape index (κ2) is 3.69. The second-order valence-corrected chi connectivity index (χ2v) is 3.44. The lowest BCUT2D eigenvalue weighted by Crippen LogP contribution is -1.95. The van der Waals surface area contributed by atoms with Crippen LogP contribution in [-0.2, 0) is 7.05 Å². The lowest BCUT2D eigenvalue weighted by Gasteiger charge is -2.02. The minimum absolute atomic E-state index is 0.0603. The number of hydrogen-bond acceptors (Lipinski definition) is 3. The van der Waals surface area contributed by atoms with Crippen LogP contribution in [-0.4, -0.2) is 26.0 Å². The molecule has 1 aromatic carbocycles. The Balaban J connectivity index is 2.47. The summed E-state index contributed by atoms with van der Waals surface area (Å²) >= 11 is 0. The van der Waals surface area contributed by atoms with E-state index in [1.54, 1.807) is 30.2 Å². The molecule has 0 bridgehead atoms.